The maximum atomic E-state index is 6.27. The lowest BCUT2D eigenvalue weighted by Gasteiger charge is -2.11. The zero-order valence-corrected chi connectivity index (χ0v) is 18.5. The van der Waals surface area contributed by atoms with E-state index in [4.69, 9.17) is 4.42 Å². The second-order valence-corrected chi connectivity index (χ2v) is 9.38. The summed E-state index contributed by atoms with van der Waals surface area (Å²) in [6.45, 7) is 0. The van der Waals surface area contributed by atoms with Gasteiger partial charge in [0, 0.05) is 48.4 Å². The minimum atomic E-state index is 0.891. The van der Waals surface area contributed by atoms with Gasteiger partial charge in [0.1, 0.15) is 11.2 Å². The van der Waals surface area contributed by atoms with Crippen LogP contribution in [0, 0.1) is 0 Å². The summed E-state index contributed by atoms with van der Waals surface area (Å²) in [4.78, 5) is 0. The molecule has 0 aliphatic carbocycles. The van der Waals surface area contributed by atoms with Crippen molar-refractivity contribution in [1.82, 2.24) is 0 Å². The minimum Gasteiger partial charge on any atom is -0.456 e. The summed E-state index contributed by atoms with van der Waals surface area (Å²) in [7, 11) is 0. The summed E-state index contributed by atoms with van der Waals surface area (Å²) in [6, 6.07) is 38.3. The third-order valence-corrected chi connectivity index (χ3v) is 7.38. The molecule has 0 atom stereocenters. The van der Waals surface area contributed by atoms with Gasteiger partial charge in [0.25, 0.3) is 0 Å². The predicted octanol–water partition coefficient (Wildman–Crippen LogP) is 9.36. The molecule has 0 spiro atoms. The first kappa shape index (κ1) is 18.5. The van der Waals surface area contributed by atoms with E-state index in [0.717, 1.165) is 33.3 Å². The molecule has 0 amide bonds. The summed E-state index contributed by atoms with van der Waals surface area (Å²) >= 11 is 1.84. The zero-order valence-electron chi connectivity index (χ0n) is 17.7. The lowest BCUT2D eigenvalue weighted by molar-refractivity contribution is 0.669. The summed E-state index contributed by atoms with van der Waals surface area (Å²) in [5.41, 5.74) is 6.23. The van der Waals surface area contributed by atoms with Crippen molar-refractivity contribution in [1.29, 1.82) is 0 Å². The van der Waals surface area contributed by atoms with Crippen LogP contribution in [-0.4, -0.2) is 0 Å². The van der Waals surface area contributed by atoms with Crippen molar-refractivity contribution in [2.75, 3.05) is 5.32 Å². The predicted molar refractivity (Wildman–Crippen MR) is 142 cm³/mol. The van der Waals surface area contributed by atoms with Gasteiger partial charge in [-0.25, -0.2) is 0 Å². The Balaban J connectivity index is 1.41. The van der Waals surface area contributed by atoms with E-state index >= 15 is 0 Å². The molecule has 0 aliphatic rings. The second-order valence-electron chi connectivity index (χ2n) is 8.30. The lowest BCUT2D eigenvalue weighted by atomic mass is 9.98. The van der Waals surface area contributed by atoms with Crippen LogP contribution >= 0.6 is 11.3 Å². The van der Waals surface area contributed by atoms with E-state index < -0.39 is 0 Å². The number of hydrogen-bond acceptors (Lipinski definition) is 3. The van der Waals surface area contributed by atoms with Crippen LogP contribution in [0.15, 0.2) is 114 Å². The van der Waals surface area contributed by atoms with Crippen LogP contribution in [-0.2, 0) is 0 Å². The lowest BCUT2D eigenvalue weighted by Crippen LogP contribution is -1.91. The Morgan fingerprint density at radius 2 is 1.30 bits per heavy atom. The normalized spacial score (nSPS) is 11.6. The Morgan fingerprint density at radius 3 is 2.21 bits per heavy atom. The topological polar surface area (TPSA) is 25.2 Å². The fourth-order valence-electron chi connectivity index (χ4n) is 4.74. The van der Waals surface area contributed by atoms with E-state index in [2.05, 4.69) is 102 Å². The van der Waals surface area contributed by atoms with Crippen molar-refractivity contribution in [2.24, 2.45) is 0 Å². The van der Waals surface area contributed by atoms with Crippen LogP contribution in [0.25, 0.3) is 53.2 Å². The molecule has 2 heterocycles. The minimum absolute atomic E-state index is 0.891. The Morgan fingerprint density at radius 1 is 0.545 bits per heavy atom. The van der Waals surface area contributed by atoms with E-state index in [1.165, 1.54) is 31.3 Å². The van der Waals surface area contributed by atoms with Gasteiger partial charge in [-0.15, -0.1) is 11.3 Å². The van der Waals surface area contributed by atoms with Crippen LogP contribution in [0.4, 0.5) is 11.4 Å². The van der Waals surface area contributed by atoms with E-state index in [9.17, 15) is 0 Å². The highest BCUT2D eigenvalue weighted by molar-refractivity contribution is 7.25. The highest BCUT2D eigenvalue weighted by Gasteiger charge is 2.14. The maximum Gasteiger partial charge on any atom is 0.138 e. The van der Waals surface area contributed by atoms with Gasteiger partial charge in [-0.3, -0.25) is 0 Å². The van der Waals surface area contributed by atoms with Gasteiger partial charge in [-0.05, 0) is 47.5 Å². The largest absolute Gasteiger partial charge is 0.456 e. The molecule has 3 heteroatoms. The van der Waals surface area contributed by atoms with Crippen LogP contribution in [0.3, 0.4) is 0 Å². The zero-order chi connectivity index (χ0) is 21.8. The van der Waals surface area contributed by atoms with E-state index in [1.807, 2.05) is 23.5 Å². The molecule has 7 aromatic rings. The number of para-hydroxylation sites is 1. The molecule has 2 nitrogen and oxygen atoms in total. The van der Waals surface area contributed by atoms with Crippen LogP contribution in [0.5, 0.6) is 0 Å². The summed E-state index contributed by atoms with van der Waals surface area (Å²) < 4.78 is 8.89. The second kappa shape index (κ2) is 7.22. The van der Waals surface area contributed by atoms with E-state index in [0.29, 0.717) is 0 Å². The molecular weight excluding hydrogens is 422 g/mol. The Hall–Kier alpha value is -4.08. The van der Waals surface area contributed by atoms with Gasteiger partial charge >= 0.3 is 0 Å². The number of thiophene rings is 1. The number of furan rings is 1. The molecule has 5 aromatic carbocycles. The van der Waals surface area contributed by atoms with Crippen molar-refractivity contribution in [3.8, 4) is 11.1 Å². The number of fused-ring (bicyclic) bond motifs is 6. The van der Waals surface area contributed by atoms with Gasteiger partial charge in [-0.1, -0.05) is 66.7 Å². The third kappa shape index (κ3) is 3.01. The van der Waals surface area contributed by atoms with E-state index in [-0.39, 0.29) is 0 Å². The Bertz CT molecular complexity index is 1790. The third-order valence-electron chi connectivity index (χ3n) is 6.23. The highest BCUT2D eigenvalue weighted by Crippen LogP contribution is 2.40. The number of hydrogen-bond donors (Lipinski definition) is 1. The summed E-state index contributed by atoms with van der Waals surface area (Å²) in [5, 5.41) is 8.53. The van der Waals surface area contributed by atoms with Crippen LogP contribution in [0.2, 0.25) is 0 Å². The monoisotopic (exact) mass is 441 g/mol. The van der Waals surface area contributed by atoms with Crippen molar-refractivity contribution >= 4 is 64.8 Å². The SMILES string of the molecule is c1ccc(-c2cc(Nc3ccc4sc5ccccc5c4c3)cc3oc4ccccc4c23)cc1. The number of benzene rings is 5. The first-order chi connectivity index (χ1) is 16.3. The first-order valence-electron chi connectivity index (χ1n) is 11.0. The molecule has 0 saturated heterocycles. The van der Waals surface area contributed by atoms with Gasteiger partial charge in [0.05, 0.1) is 0 Å². The highest BCUT2D eigenvalue weighted by atomic mass is 32.1. The van der Waals surface area contributed by atoms with Gasteiger partial charge in [-0.2, -0.15) is 0 Å². The Labute approximate surface area is 194 Å². The molecule has 156 valence electrons. The van der Waals surface area contributed by atoms with Gasteiger partial charge in [0.2, 0.25) is 0 Å². The van der Waals surface area contributed by atoms with Gasteiger partial charge < -0.3 is 9.73 Å². The molecule has 0 radical (unpaired) electrons. The molecule has 2 aromatic heterocycles. The molecular formula is C30H19NOS. The van der Waals surface area contributed by atoms with Crippen LogP contribution < -0.4 is 5.32 Å². The molecule has 0 aliphatic heterocycles. The quantitative estimate of drug-likeness (QED) is 0.295. The number of rotatable bonds is 3. The smallest absolute Gasteiger partial charge is 0.138 e. The number of nitrogens with one attached hydrogen (secondary N) is 1. The average Bonchev–Trinajstić information content (AvgIpc) is 3.42. The molecule has 7 rings (SSSR count). The average molecular weight is 442 g/mol. The van der Waals surface area contributed by atoms with Crippen LogP contribution in [0.1, 0.15) is 0 Å². The fraction of sp³-hybridized carbons (Fsp3) is 0. The number of anilines is 2. The standard InChI is InChI=1S/C30H19NOS/c1-2-8-19(9-3-1)24-17-21(18-27-30(24)23-11-4-6-12-26(23)32-27)31-20-14-15-29-25(16-20)22-10-5-7-13-28(22)33-29/h1-18,31H. The molecule has 1 N–H and O–H groups in total. The molecule has 0 saturated carbocycles. The molecule has 0 bridgehead atoms. The summed E-state index contributed by atoms with van der Waals surface area (Å²) in [6.07, 6.45) is 0. The molecule has 0 fully saturated rings. The van der Waals surface area contributed by atoms with Crippen molar-refractivity contribution < 1.29 is 4.42 Å². The molecule has 0 unspecified atom stereocenters. The summed E-state index contributed by atoms with van der Waals surface area (Å²) in [5.74, 6) is 0. The van der Waals surface area contributed by atoms with Crippen molar-refractivity contribution in [2.45, 2.75) is 0 Å². The fourth-order valence-corrected chi connectivity index (χ4v) is 5.83. The van der Waals surface area contributed by atoms with Gasteiger partial charge in [0.15, 0.2) is 0 Å². The van der Waals surface area contributed by atoms with Crippen molar-refractivity contribution in [3.63, 3.8) is 0 Å². The van der Waals surface area contributed by atoms with Crippen molar-refractivity contribution in [3.05, 3.63) is 109 Å². The molecule has 33 heavy (non-hydrogen) atoms. The maximum absolute atomic E-state index is 6.27. The Kier molecular flexibility index (Phi) is 4.05. The van der Waals surface area contributed by atoms with E-state index in [1.54, 1.807) is 0 Å². The first-order valence-corrected chi connectivity index (χ1v) is 11.8.